The maximum absolute atomic E-state index is 11.4. The molecule has 1 amide bonds. The average molecular weight is 191 g/mol. The van der Waals surface area contributed by atoms with Gasteiger partial charge in [0.1, 0.15) is 0 Å². The number of allylic oxidation sites excluding steroid dienone is 4. The Kier molecular flexibility index (Phi) is 3.69. The van der Waals surface area contributed by atoms with Gasteiger partial charge in [-0.3, -0.25) is 4.79 Å². The van der Waals surface area contributed by atoms with Gasteiger partial charge in [0, 0.05) is 12.7 Å². The third kappa shape index (κ3) is 2.13. The Bertz CT molecular complexity index is 310. The molecule has 0 aromatic heterocycles. The standard InChI is InChI=1S/C12H17NO/c1-4-6-8-10-9-12(14)13(3)11(10)7-5-2/h5-8H,4,9H2,1-3H3/b7-5-,8-6-. The van der Waals surface area contributed by atoms with E-state index in [1.807, 2.05) is 26.1 Å². The number of likely N-dealkylation sites (N-methyl/N-ethyl adjacent to an activating group) is 1. The van der Waals surface area contributed by atoms with E-state index in [1.54, 1.807) is 4.90 Å². The molecule has 1 aliphatic heterocycles. The Morgan fingerprint density at radius 3 is 2.71 bits per heavy atom. The molecule has 0 radical (unpaired) electrons. The second-order valence-corrected chi connectivity index (χ2v) is 3.35. The number of nitrogens with zero attached hydrogens (tertiary/aromatic N) is 1. The van der Waals surface area contributed by atoms with Gasteiger partial charge in [0.25, 0.3) is 0 Å². The van der Waals surface area contributed by atoms with Gasteiger partial charge in [0.15, 0.2) is 0 Å². The number of carbonyl (C=O) groups is 1. The molecule has 0 bridgehead atoms. The zero-order chi connectivity index (χ0) is 10.6. The number of hydrogen-bond donors (Lipinski definition) is 0. The molecule has 0 aromatic carbocycles. The van der Waals surface area contributed by atoms with E-state index in [9.17, 15) is 4.79 Å². The average Bonchev–Trinajstić information content (AvgIpc) is 2.43. The summed E-state index contributed by atoms with van der Waals surface area (Å²) in [5.74, 6) is 0.175. The van der Waals surface area contributed by atoms with E-state index in [0.717, 1.165) is 17.7 Å². The predicted molar refractivity (Wildman–Crippen MR) is 58.7 cm³/mol. The minimum Gasteiger partial charge on any atom is -0.315 e. The molecule has 0 saturated carbocycles. The molecule has 0 atom stereocenters. The summed E-state index contributed by atoms with van der Waals surface area (Å²) in [6.45, 7) is 4.05. The second kappa shape index (κ2) is 4.80. The molecule has 0 saturated heterocycles. The van der Waals surface area contributed by atoms with Crippen LogP contribution in [0.3, 0.4) is 0 Å². The van der Waals surface area contributed by atoms with Gasteiger partial charge in [-0.1, -0.05) is 25.2 Å². The quantitative estimate of drug-likeness (QED) is 0.671. The fourth-order valence-electron chi connectivity index (χ4n) is 1.50. The van der Waals surface area contributed by atoms with Crippen LogP contribution in [0.2, 0.25) is 0 Å². The van der Waals surface area contributed by atoms with E-state index >= 15 is 0 Å². The van der Waals surface area contributed by atoms with Crippen molar-refractivity contribution in [1.82, 2.24) is 4.90 Å². The molecule has 1 rings (SSSR count). The molecule has 0 unspecified atom stereocenters. The summed E-state index contributed by atoms with van der Waals surface area (Å²) in [6.07, 6.45) is 9.63. The first-order valence-electron chi connectivity index (χ1n) is 4.99. The molecule has 2 nitrogen and oxygen atoms in total. The minimum atomic E-state index is 0.175. The highest BCUT2D eigenvalue weighted by Gasteiger charge is 2.23. The van der Waals surface area contributed by atoms with Crippen molar-refractivity contribution in [3.8, 4) is 0 Å². The van der Waals surface area contributed by atoms with Crippen LogP contribution in [0, 0.1) is 0 Å². The third-order valence-corrected chi connectivity index (χ3v) is 2.29. The van der Waals surface area contributed by atoms with Crippen LogP contribution in [-0.2, 0) is 4.79 Å². The molecule has 76 valence electrons. The summed E-state index contributed by atoms with van der Waals surface area (Å²) >= 11 is 0. The Labute approximate surface area is 85.6 Å². The molecule has 0 N–H and O–H groups in total. The second-order valence-electron chi connectivity index (χ2n) is 3.35. The zero-order valence-corrected chi connectivity index (χ0v) is 9.08. The molecular weight excluding hydrogens is 174 g/mol. The van der Waals surface area contributed by atoms with E-state index in [1.165, 1.54) is 0 Å². The van der Waals surface area contributed by atoms with E-state index in [4.69, 9.17) is 0 Å². The van der Waals surface area contributed by atoms with Crippen molar-refractivity contribution in [3.63, 3.8) is 0 Å². The van der Waals surface area contributed by atoms with Gasteiger partial charge in [-0.15, -0.1) is 0 Å². The number of carbonyl (C=O) groups excluding carboxylic acids is 1. The lowest BCUT2D eigenvalue weighted by Gasteiger charge is -2.10. The van der Waals surface area contributed by atoms with Crippen LogP contribution in [-0.4, -0.2) is 17.9 Å². The first-order valence-corrected chi connectivity index (χ1v) is 4.99. The van der Waals surface area contributed by atoms with Crippen LogP contribution < -0.4 is 0 Å². The topological polar surface area (TPSA) is 20.3 Å². The Balaban J connectivity index is 2.95. The Hall–Kier alpha value is -1.31. The Morgan fingerprint density at radius 2 is 2.14 bits per heavy atom. The van der Waals surface area contributed by atoms with Crippen molar-refractivity contribution in [2.75, 3.05) is 7.05 Å². The van der Waals surface area contributed by atoms with Crippen LogP contribution in [0.4, 0.5) is 0 Å². The first kappa shape index (κ1) is 10.8. The number of amides is 1. The summed E-state index contributed by atoms with van der Waals surface area (Å²) < 4.78 is 0. The highest BCUT2D eigenvalue weighted by atomic mass is 16.2. The monoisotopic (exact) mass is 191 g/mol. The van der Waals surface area contributed by atoms with Crippen molar-refractivity contribution >= 4 is 5.91 Å². The largest absolute Gasteiger partial charge is 0.315 e. The summed E-state index contributed by atoms with van der Waals surface area (Å²) in [5.41, 5.74) is 2.15. The fraction of sp³-hybridized carbons (Fsp3) is 0.417. The first-order chi connectivity index (χ1) is 6.70. The van der Waals surface area contributed by atoms with E-state index < -0.39 is 0 Å². The van der Waals surface area contributed by atoms with Crippen LogP contribution in [0.25, 0.3) is 0 Å². The minimum absolute atomic E-state index is 0.175. The Morgan fingerprint density at radius 1 is 1.43 bits per heavy atom. The van der Waals surface area contributed by atoms with Crippen molar-refractivity contribution in [2.45, 2.75) is 26.7 Å². The van der Waals surface area contributed by atoms with Gasteiger partial charge >= 0.3 is 0 Å². The summed E-state index contributed by atoms with van der Waals surface area (Å²) in [4.78, 5) is 13.2. The van der Waals surface area contributed by atoms with Crippen LogP contribution in [0.5, 0.6) is 0 Å². The van der Waals surface area contributed by atoms with Crippen LogP contribution >= 0.6 is 0 Å². The van der Waals surface area contributed by atoms with E-state index in [-0.39, 0.29) is 5.91 Å². The van der Waals surface area contributed by atoms with Crippen molar-refractivity contribution in [1.29, 1.82) is 0 Å². The molecule has 0 spiro atoms. The maximum atomic E-state index is 11.4. The highest BCUT2D eigenvalue weighted by Crippen LogP contribution is 2.24. The lowest BCUT2D eigenvalue weighted by atomic mass is 10.1. The molecular formula is C12H17NO. The van der Waals surface area contributed by atoms with Gasteiger partial charge in [0.2, 0.25) is 5.91 Å². The van der Waals surface area contributed by atoms with Crippen molar-refractivity contribution in [2.24, 2.45) is 0 Å². The lowest BCUT2D eigenvalue weighted by Crippen LogP contribution is -2.18. The van der Waals surface area contributed by atoms with Gasteiger partial charge < -0.3 is 4.90 Å². The van der Waals surface area contributed by atoms with Crippen molar-refractivity contribution in [3.05, 3.63) is 35.6 Å². The fourth-order valence-corrected chi connectivity index (χ4v) is 1.50. The third-order valence-electron chi connectivity index (χ3n) is 2.29. The van der Waals surface area contributed by atoms with Crippen molar-refractivity contribution < 1.29 is 4.79 Å². The number of hydrogen-bond acceptors (Lipinski definition) is 1. The molecule has 1 aliphatic rings. The smallest absolute Gasteiger partial charge is 0.231 e. The zero-order valence-electron chi connectivity index (χ0n) is 9.08. The maximum Gasteiger partial charge on any atom is 0.231 e. The van der Waals surface area contributed by atoms with Gasteiger partial charge in [-0.25, -0.2) is 0 Å². The summed E-state index contributed by atoms with van der Waals surface area (Å²) in [6, 6.07) is 0. The summed E-state index contributed by atoms with van der Waals surface area (Å²) in [5, 5.41) is 0. The van der Waals surface area contributed by atoms with Gasteiger partial charge in [0.05, 0.1) is 6.42 Å². The van der Waals surface area contributed by atoms with Gasteiger partial charge in [-0.2, -0.15) is 0 Å². The molecule has 0 aliphatic carbocycles. The highest BCUT2D eigenvalue weighted by molar-refractivity contribution is 5.85. The van der Waals surface area contributed by atoms with Crippen LogP contribution in [0.15, 0.2) is 35.6 Å². The molecule has 0 aromatic rings. The number of rotatable bonds is 3. The summed E-state index contributed by atoms with van der Waals surface area (Å²) in [7, 11) is 1.82. The SMILES string of the molecule is C/C=C\C1=C(/C=C\CC)CC(=O)N1C. The van der Waals surface area contributed by atoms with Crippen LogP contribution in [0.1, 0.15) is 26.7 Å². The van der Waals surface area contributed by atoms with E-state index in [0.29, 0.717) is 6.42 Å². The molecule has 0 fully saturated rings. The molecule has 14 heavy (non-hydrogen) atoms. The predicted octanol–water partition coefficient (Wildman–Crippen LogP) is 2.64. The molecule has 2 heteroatoms. The molecule has 1 heterocycles. The lowest BCUT2D eigenvalue weighted by molar-refractivity contribution is -0.125. The van der Waals surface area contributed by atoms with E-state index in [2.05, 4.69) is 19.1 Å². The normalized spacial score (nSPS) is 18.2. The van der Waals surface area contributed by atoms with Gasteiger partial charge in [-0.05, 0) is 25.0 Å².